The summed E-state index contributed by atoms with van der Waals surface area (Å²) in [6.45, 7) is 0. The van der Waals surface area contributed by atoms with Gasteiger partial charge in [0.1, 0.15) is 0 Å². The first-order chi connectivity index (χ1) is 6.56. The van der Waals surface area contributed by atoms with Crippen molar-refractivity contribution in [1.82, 2.24) is 0 Å². The van der Waals surface area contributed by atoms with Crippen LogP contribution in [0.15, 0.2) is 0 Å². The number of hydrogen-bond donors (Lipinski definition) is 1. The van der Waals surface area contributed by atoms with Crippen molar-refractivity contribution in [1.29, 1.82) is 0 Å². The Kier molecular flexibility index (Phi) is 14.6. The first-order valence-corrected chi connectivity index (χ1v) is 7.31. The topological polar surface area (TPSA) is 57.2 Å². The van der Waals surface area contributed by atoms with Crippen molar-refractivity contribution in [3.63, 3.8) is 0 Å². The van der Waals surface area contributed by atoms with E-state index in [9.17, 15) is 13.0 Å². The van der Waals surface area contributed by atoms with Crippen molar-refractivity contribution in [2.75, 3.05) is 11.5 Å². The van der Waals surface area contributed by atoms with Gasteiger partial charge in [-0.15, -0.1) is 0 Å². The van der Waals surface area contributed by atoms with E-state index in [0.717, 1.165) is 31.4 Å². The second-order valence-corrected chi connectivity index (χ2v) is 5.43. The minimum Gasteiger partial charge on any atom is -0.748 e. The summed E-state index contributed by atoms with van der Waals surface area (Å²) in [6.07, 6.45) is 7.06. The molecule has 0 amide bonds. The first kappa shape index (κ1) is 18.6. The van der Waals surface area contributed by atoms with Gasteiger partial charge in [0, 0.05) is 5.75 Å². The van der Waals surface area contributed by atoms with Gasteiger partial charge >= 0.3 is 29.6 Å². The SMILES string of the molecule is O=S(=O)([O-])CCCCCCCCCS.[Na+]. The van der Waals surface area contributed by atoms with E-state index < -0.39 is 10.1 Å². The largest absolute Gasteiger partial charge is 1.00 e. The molecular weight excluding hydrogens is 243 g/mol. The number of unbranched alkanes of at least 4 members (excludes halogenated alkanes) is 6. The number of rotatable bonds is 9. The maximum Gasteiger partial charge on any atom is 1.00 e. The number of thiol groups is 1. The van der Waals surface area contributed by atoms with E-state index in [2.05, 4.69) is 12.6 Å². The summed E-state index contributed by atoms with van der Waals surface area (Å²) in [6, 6.07) is 0. The Morgan fingerprint density at radius 1 is 0.867 bits per heavy atom. The van der Waals surface area contributed by atoms with Gasteiger partial charge in [0.2, 0.25) is 0 Å². The van der Waals surface area contributed by atoms with E-state index >= 15 is 0 Å². The molecule has 0 fully saturated rings. The third kappa shape index (κ3) is 17.9. The summed E-state index contributed by atoms with van der Waals surface area (Å²) in [7, 11) is -3.99. The Morgan fingerprint density at radius 3 is 1.67 bits per heavy atom. The van der Waals surface area contributed by atoms with Gasteiger partial charge < -0.3 is 4.55 Å². The normalized spacial score (nSPS) is 11.1. The molecule has 86 valence electrons. The van der Waals surface area contributed by atoms with Crippen LogP contribution in [0.4, 0.5) is 0 Å². The maximum absolute atomic E-state index is 10.2. The van der Waals surface area contributed by atoms with Gasteiger partial charge in [-0.25, -0.2) is 8.42 Å². The van der Waals surface area contributed by atoms with E-state index in [4.69, 9.17) is 0 Å². The molecule has 0 heterocycles. The molecule has 0 aromatic heterocycles. The van der Waals surface area contributed by atoms with E-state index in [1.807, 2.05) is 0 Å². The van der Waals surface area contributed by atoms with E-state index in [1.165, 1.54) is 12.8 Å². The van der Waals surface area contributed by atoms with Crippen LogP contribution in [0.3, 0.4) is 0 Å². The van der Waals surface area contributed by atoms with Crippen molar-refractivity contribution in [2.24, 2.45) is 0 Å². The monoisotopic (exact) mass is 262 g/mol. The van der Waals surface area contributed by atoms with Crippen molar-refractivity contribution >= 4 is 22.7 Å². The van der Waals surface area contributed by atoms with Crippen molar-refractivity contribution in [2.45, 2.75) is 44.9 Å². The molecule has 0 atom stereocenters. The molecule has 0 saturated carbocycles. The van der Waals surface area contributed by atoms with Gasteiger partial charge in [0.15, 0.2) is 0 Å². The van der Waals surface area contributed by atoms with Gasteiger partial charge in [-0.2, -0.15) is 12.6 Å². The summed E-state index contributed by atoms with van der Waals surface area (Å²) in [5, 5.41) is 0. The Bertz CT molecular complexity index is 217. The van der Waals surface area contributed by atoms with Crippen molar-refractivity contribution in [3.8, 4) is 0 Å². The van der Waals surface area contributed by atoms with Crippen LogP contribution in [-0.4, -0.2) is 24.5 Å². The second-order valence-electron chi connectivity index (χ2n) is 3.46. The minimum absolute atomic E-state index is 0. The molecule has 15 heavy (non-hydrogen) atoms. The molecule has 0 spiro atoms. The smallest absolute Gasteiger partial charge is 0.748 e. The van der Waals surface area contributed by atoms with Crippen LogP contribution in [0, 0.1) is 0 Å². The average molecular weight is 262 g/mol. The quantitative estimate of drug-likeness (QED) is 0.256. The Balaban J connectivity index is 0. The molecule has 0 radical (unpaired) electrons. The molecule has 0 unspecified atom stereocenters. The zero-order chi connectivity index (χ0) is 10.9. The Hall–Kier alpha value is 1.26. The van der Waals surface area contributed by atoms with Crippen LogP contribution in [0.25, 0.3) is 0 Å². The summed E-state index contributed by atoms with van der Waals surface area (Å²) < 4.78 is 30.7. The minimum atomic E-state index is -3.99. The zero-order valence-corrected chi connectivity index (χ0v) is 13.2. The standard InChI is InChI=1S/C9H20O3S2.Na/c10-14(11,12)9-7-5-3-1-2-4-6-8-13;/h13H,1-9H2,(H,10,11,12);/q;+1/p-1. The van der Waals surface area contributed by atoms with Gasteiger partial charge in [0.05, 0.1) is 10.1 Å². The molecule has 0 bridgehead atoms. The Morgan fingerprint density at radius 2 is 1.27 bits per heavy atom. The molecule has 0 N–H and O–H groups in total. The summed E-state index contributed by atoms with van der Waals surface area (Å²) in [5.41, 5.74) is 0. The van der Waals surface area contributed by atoms with Crippen LogP contribution in [0.1, 0.15) is 44.9 Å². The van der Waals surface area contributed by atoms with Gasteiger partial charge in [-0.1, -0.05) is 32.1 Å². The van der Waals surface area contributed by atoms with Gasteiger partial charge in [0.25, 0.3) is 0 Å². The van der Waals surface area contributed by atoms with E-state index in [0.29, 0.717) is 6.42 Å². The third-order valence-electron chi connectivity index (χ3n) is 2.05. The maximum atomic E-state index is 10.2. The fraction of sp³-hybridized carbons (Fsp3) is 1.00. The van der Waals surface area contributed by atoms with E-state index in [-0.39, 0.29) is 35.3 Å². The molecule has 0 aromatic carbocycles. The fourth-order valence-corrected chi connectivity index (χ4v) is 2.06. The van der Waals surface area contributed by atoms with Crippen molar-refractivity contribution < 1.29 is 42.5 Å². The van der Waals surface area contributed by atoms with Gasteiger partial charge in [-0.3, -0.25) is 0 Å². The summed E-state index contributed by atoms with van der Waals surface area (Å²) in [5.74, 6) is 0.734. The van der Waals surface area contributed by atoms with Crippen LogP contribution in [0.5, 0.6) is 0 Å². The summed E-state index contributed by atoms with van der Waals surface area (Å²) in [4.78, 5) is 0. The van der Waals surface area contributed by atoms with Crippen LogP contribution < -0.4 is 29.6 Å². The predicted octanol–water partition coefficient (Wildman–Crippen LogP) is -0.804. The van der Waals surface area contributed by atoms with Crippen LogP contribution in [-0.2, 0) is 10.1 Å². The molecule has 3 nitrogen and oxygen atoms in total. The molecule has 0 aromatic rings. The molecule has 0 saturated heterocycles. The Labute approximate surface area is 121 Å². The molecule has 6 heteroatoms. The first-order valence-electron chi connectivity index (χ1n) is 5.10. The zero-order valence-electron chi connectivity index (χ0n) is 9.44. The second kappa shape index (κ2) is 11.7. The van der Waals surface area contributed by atoms with Crippen LogP contribution in [0.2, 0.25) is 0 Å². The van der Waals surface area contributed by atoms with Crippen molar-refractivity contribution in [3.05, 3.63) is 0 Å². The number of hydrogen-bond acceptors (Lipinski definition) is 4. The molecule has 0 aliphatic rings. The molecule has 0 aliphatic carbocycles. The molecule has 0 rings (SSSR count). The molecule has 0 aliphatic heterocycles. The van der Waals surface area contributed by atoms with E-state index in [1.54, 1.807) is 0 Å². The fourth-order valence-electron chi connectivity index (χ4n) is 1.27. The predicted molar refractivity (Wildman–Crippen MR) is 60.7 cm³/mol. The third-order valence-corrected chi connectivity index (χ3v) is 3.16. The van der Waals surface area contributed by atoms with Gasteiger partial charge in [-0.05, 0) is 18.6 Å². The summed E-state index contributed by atoms with van der Waals surface area (Å²) >= 11 is 4.11. The average Bonchev–Trinajstić information content (AvgIpc) is 2.08. The molecular formula is C9H19NaO3S2. The van der Waals surface area contributed by atoms with Crippen LogP contribution >= 0.6 is 12.6 Å².